The van der Waals surface area contributed by atoms with Gasteiger partial charge in [0.25, 0.3) is 5.91 Å². The second-order valence-corrected chi connectivity index (χ2v) is 9.19. The van der Waals surface area contributed by atoms with Crippen molar-refractivity contribution in [1.82, 2.24) is 14.8 Å². The van der Waals surface area contributed by atoms with Crippen LogP contribution in [0.25, 0.3) is 10.9 Å². The van der Waals surface area contributed by atoms with Gasteiger partial charge in [-0.3, -0.25) is 9.59 Å². The molecule has 5 rings (SSSR count). The fourth-order valence-corrected chi connectivity index (χ4v) is 4.92. The average Bonchev–Trinajstić information content (AvgIpc) is 3.28. The highest BCUT2D eigenvalue weighted by Gasteiger charge is 2.47. The molecule has 184 valence electrons. The van der Waals surface area contributed by atoms with Crippen LogP contribution in [-0.4, -0.2) is 41.0 Å². The molecule has 0 saturated heterocycles. The third kappa shape index (κ3) is 4.06. The molecular weight excluding hydrogens is 454 g/mol. The highest BCUT2D eigenvalue weighted by atomic mass is 16.5. The lowest BCUT2D eigenvalue weighted by Gasteiger charge is -2.44. The summed E-state index contributed by atoms with van der Waals surface area (Å²) in [5.41, 5.74) is 2.14. The molecule has 0 saturated carbocycles. The molecular formula is C29H29N3O4. The second-order valence-electron chi connectivity index (χ2n) is 9.19. The third-order valence-electron chi connectivity index (χ3n) is 6.93. The van der Waals surface area contributed by atoms with Gasteiger partial charge in [-0.1, -0.05) is 48.5 Å². The molecule has 7 nitrogen and oxygen atoms in total. The largest absolute Gasteiger partial charge is 0.497 e. The molecule has 0 radical (unpaired) electrons. The number of carbonyl (C=O) groups is 2. The predicted octanol–water partition coefficient (Wildman–Crippen LogP) is 4.39. The number of nitrogens with one attached hydrogen (secondary N) is 1. The summed E-state index contributed by atoms with van der Waals surface area (Å²) in [5.74, 6) is 0.992. The molecule has 1 aliphatic rings. The number of hydrogen-bond acceptors (Lipinski definition) is 4. The summed E-state index contributed by atoms with van der Waals surface area (Å²) in [5, 5.41) is 4.04. The Hall–Kier alpha value is -4.26. The van der Waals surface area contributed by atoms with E-state index in [9.17, 15) is 9.59 Å². The van der Waals surface area contributed by atoms with E-state index >= 15 is 0 Å². The molecule has 2 amide bonds. The van der Waals surface area contributed by atoms with Crippen molar-refractivity contribution in [2.75, 3.05) is 14.2 Å². The fraction of sp³-hybridized carbons (Fsp3) is 0.241. The van der Waals surface area contributed by atoms with Crippen LogP contribution in [0.4, 0.5) is 0 Å². The van der Waals surface area contributed by atoms with Gasteiger partial charge in [0.2, 0.25) is 5.91 Å². The van der Waals surface area contributed by atoms with Crippen molar-refractivity contribution < 1.29 is 19.1 Å². The number of methoxy groups -OCH3 is 2. The number of para-hydroxylation sites is 2. The van der Waals surface area contributed by atoms with Crippen LogP contribution in [-0.2, 0) is 24.4 Å². The first-order valence-corrected chi connectivity index (χ1v) is 11.9. The van der Waals surface area contributed by atoms with Gasteiger partial charge >= 0.3 is 0 Å². The number of benzene rings is 3. The van der Waals surface area contributed by atoms with E-state index in [0.717, 1.165) is 22.0 Å². The zero-order chi connectivity index (χ0) is 25.3. The lowest BCUT2D eigenvalue weighted by atomic mass is 9.93. The van der Waals surface area contributed by atoms with Gasteiger partial charge in [-0.15, -0.1) is 0 Å². The van der Waals surface area contributed by atoms with Crippen LogP contribution in [0.15, 0.2) is 78.9 Å². The molecule has 7 heteroatoms. The SMILES string of the molecule is COc1cccc(CN2C(=O)c3cc4ccccc4n3C[C@@]2(C)C(=O)NCc2ccccc2OC)c1. The van der Waals surface area contributed by atoms with E-state index in [4.69, 9.17) is 9.47 Å². The summed E-state index contributed by atoms with van der Waals surface area (Å²) < 4.78 is 12.8. The van der Waals surface area contributed by atoms with Gasteiger partial charge in [-0.2, -0.15) is 0 Å². The van der Waals surface area contributed by atoms with E-state index in [-0.39, 0.29) is 18.4 Å². The van der Waals surface area contributed by atoms with Crippen molar-refractivity contribution in [3.8, 4) is 11.5 Å². The molecule has 36 heavy (non-hydrogen) atoms. The van der Waals surface area contributed by atoms with Gasteiger partial charge in [-0.05, 0) is 42.8 Å². The fourth-order valence-electron chi connectivity index (χ4n) is 4.92. The third-order valence-corrected chi connectivity index (χ3v) is 6.93. The van der Waals surface area contributed by atoms with Crippen LogP contribution in [0.1, 0.15) is 28.5 Å². The molecule has 0 spiro atoms. The van der Waals surface area contributed by atoms with E-state index in [1.165, 1.54) is 0 Å². The Bertz CT molecular complexity index is 1440. The molecule has 4 aromatic rings. The topological polar surface area (TPSA) is 72.8 Å². The molecule has 1 atom stereocenters. The Morgan fingerprint density at radius 1 is 0.972 bits per heavy atom. The van der Waals surface area contributed by atoms with Crippen LogP contribution >= 0.6 is 0 Å². The lowest BCUT2D eigenvalue weighted by molar-refractivity contribution is -0.133. The summed E-state index contributed by atoms with van der Waals surface area (Å²) in [7, 11) is 3.22. The molecule has 1 N–H and O–H groups in total. The Morgan fingerprint density at radius 2 is 1.75 bits per heavy atom. The number of nitrogens with zero attached hydrogens (tertiary/aromatic N) is 2. The zero-order valence-corrected chi connectivity index (χ0v) is 20.7. The minimum absolute atomic E-state index is 0.185. The molecule has 1 aliphatic heterocycles. The van der Waals surface area contributed by atoms with E-state index in [1.54, 1.807) is 19.1 Å². The van der Waals surface area contributed by atoms with E-state index in [0.29, 0.717) is 30.3 Å². The Morgan fingerprint density at radius 3 is 2.56 bits per heavy atom. The number of rotatable bonds is 7. The van der Waals surface area contributed by atoms with Crippen LogP contribution < -0.4 is 14.8 Å². The number of hydrogen-bond donors (Lipinski definition) is 1. The van der Waals surface area contributed by atoms with Crippen LogP contribution in [0, 0.1) is 0 Å². The normalized spacial score (nSPS) is 17.1. The Kier molecular flexibility index (Phi) is 6.14. The standard InChI is InChI=1S/C29H29N3O4/c1-29(28(34)30-17-22-11-5-7-14-26(22)36-3)19-31-24-13-6-4-10-21(24)16-25(31)27(33)32(29)18-20-9-8-12-23(15-20)35-2/h4-16H,17-19H2,1-3H3,(H,30,34)/t29-/m0/s1. The van der Waals surface area contributed by atoms with Crippen molar-refractivity contribution in [3.05, 3.63) is 95.7 Å². The maximum absolute atomic E-state index is 13.9. The molecule has 0 aliphatic carbocycles. The van der Waals surface area contributed by atoms with Crippen LogP contribution in [0.5, 0.6) is 11.5 Å². The number of amides is 2. The molecule has 0 unspecified atom stereocenters. The zero-order valence-electron chi connectivity index (χ0n) is 20.7. The molecule has 2 heterocycles. The molecule has 0 bridgehead atoms. The maximum Gasteiger partial charge on any atom is 0.271 e. The first-order chi connectivity index (χ1) is 17.4. The van der Waals surface area contributed by atoms with Crippen molar-refractivity contribution in [2.45, 2.75) is 32.1 Å². The first kappa shape index (κ1) is 23.5. The van der Waals surface area contributed by atoms with Crippen molar-refractivity contribution >= 4 is 22.7 Å². The maximum atomic E-state index is 13.9. The highest BCUT2D eigenvalue weighted by molar-refractivity contribution is 6.03. The predicted molar refractivity (Wildman–Crippen MR) is 138 cm³/mol. The molecule has 1 aromatic heterocycles. The summed E-state index contributed by atoms with van der Waals surface area (Å²) >= 11 is 0. The minimum Gasteiger partial charge on any atom is -0.497 e. The van der Waals surface area contributed by atoms with E-state index in [2.05, 4.69) is 5.32 Å². The summed E-state index contributed by atoms with van der Waals surface area (Å²) in [6, 6.07) is 24.9. The second kappa shape index (κ2) is 9.41. The van der Waals surface area contributed by atoms with Crippen molar-refractivity contribution in [3.63, 3.8) is 0 Å². The number of fused-ring (bicyclic) bond motifs is 3. The van der Waals surface area contributed by atoms with Gasteiger partial charge in [0.05, 0.1) is 20.8 Å². The lowest BCUT2D eigenvalue weighted by Crippen LogP contribution is -2.63. The van der Waals surface area contributed by atoms with Crippen molar-refractivity contribution in [2.24, 2.45) is 0 Å². The van der Waals surface area contributed by atoms with Gasteiger partial charge in [0.15, 0.2) is 0 Å². The van der Waals surface area contributed by atoms with E-state index in [1.807, 2.05) is 90.4 Å². The van der Waals surface area contributed by atoms with Crippen LogP contribution in [0.3, 0.4) is 0 Å². The smallest absolute Gasteiger partial charge is 0.271 e. The van der Waals surface area contributed by atoms with Gasteiger partial charge < -0.3 is 24.3 Å². The van der Waals surface area contributed by atoms with Gasteiger partial charge in [0, 0.05) is 29.6 Å². The van der Waals surface area contributed by atoms with Gasteiger partial charge in [-0.25, -0.2) is 0 Å². The molecule has 0 fully saturated rings. The van der Waals surface area contributed by atoms with E-state index < -0.39 is 5.54 Å². The minimum atomic E-state index is -1.13. The summed E-state index contributed by atoms with van der Waals surface area (Å²) in [6.07, 6.45) is 0. The Labute approximate surface area is 210 Å². The number of ether oxygens (including phenoxy) is 2. The number of aromatic nitrogens is 1. The Balaban J connectivity index is 1.52. The first-order valence-electron chi connectivity index (χ1n) is 11.9. The summed E-state index contributed by atoms with van der Waals surface area (Å²) in [4.78, 5) is 29.4. The van der Waals surface area contributed by atoms with Crippen molar-refractivity contribution in [1.29, 1.82) is 0 Å². The highest BCUT2D eigenvalue weighted by Crippen LogP contribution is 2.34. The average molecular weight is 484 g/mol. The molecule has 3 aromatic carbocycles. The number of carbonyl (C=O) groups excluding carboxylic acids is 2. The van der Waals surface area contributed by atoms with Gasteiger partial charge in [0.1, 0.15) is 22.7 Å². The summed E-state index contributed by atoms with van der Waals surface area (Å²) in [6.45, 7) is 2.73. The van der Waals surface area contributed by atoms with Crippen LogP contribution in [0.2, 0.25) is 0 Å². The monoisotopic (exact) mass is 483 g/mol. The quantitative estimate of drug-likeness (QED) is 0.423.